The van der Waals surface area contributed by atoms with Gasteiger partial charge in [0.05, 0.1) is 18.1 Å². The molecule has 0 radical (unpaired) electrons. The molecule has 1 aromatic rings. The van der Waals surface area contributed by atoms with E-state index >= 15 is 0 Å². The summed E-state index contributed by atoms with van der Waals surface area (Å²) in [6, 6.07) is 0. The highest BCUT2D eigenvalue weighted by Gasteiger charge is 2.10. The van der Waals surface area contributed by atoms with Crippen molar-refractivity contribution in [2.24, 2.45) is 0 Å². The highest BCUT2D eigenvalue weighted by Crippen LogP contribution is 2.00. The van der Waals surface area contributed by atoms with Gasteiger partial charge in [0.2, 0.25) is 0 Å². The highest BCUT2D eigenvalue weighted by molar-refractivity contribution is 7.91. The molecule has 8 heteroatoms. The Bertz CT molecular complexity index is 513. The summed E-state index contributed by atoms with van der Waals surface area (Å²) in [5.74, 6) is 0.160. The van der Waals surface area contributed by atoms with Crippen molar-refractivity contribution in [1.82, 2.24) is 15.3 Å². The van der Waals surface area contributed by atoms with Crippen molar-refractivity contribution in [3.63, 3.8) is 0 Å². The SMILES string of the molecule is CCNc1cnc(C(=O)NCCS(=O)(=O)CC)cn1. The van der Waals surface area contributed by atoms with E-state index in [4.69, 9.17) is 0 Å². The Morgan fingerprint density at radius 3 is 2.53 bits per heavy atom. The van der Waals surface area contributed by atoms with Crippen LogP contribution in [0.5, 0.6) is 0 Å². The van der Waals surface area contributed by atoms with E-state index in [1.54, 1.807) is 6.92 Å². The van der Waals surface area contributed by atoms with Crippen LogP contribution < -0.4 is 10.6 Å². The molecular weight excluding hydrogens is 268 g/mol. The average molecular weight is 286 g/mol. The van der Waals surface area contributed by atoms with E-state index in [9.17, 15) is 13.2 Å². The normalized spacial score (nSPS) is 11.1. The monoisotopic (exact) mass is 286 g/mol. The van der Waals surface area contributed by atoms with Gasteiger partial charge in [0.1, 0.15) is 11.5 Å². The van der Waals surface area contributed by atoms with Gasteiger partial charge in [0.15, 0.2) is 9.84 Å². The molecule has 7 nitrogen and oxygen atoms in total. The second-order valence-corrected chi connectivity index (χ2v) is 6.28. The van der Waals surface area contributed by atoms with Crippen molar-refractivity contribution in [1.29, 1.82) is 0 Å². The first-order valence-corrected chi connectivity index (χ1v) is 7.85. The molecule has 2 N–H and O–H groups in total. The summed E-state index contributed by atoms with van der Waals surface area (Å²) in [4.78, 5) is 19.6. The van der Waals surface area contributed by atoms with Crippen LogP contribution in [-0.2, 0) is 9.84 Å². The molecule has 0 unspecified atom stereocenters. The Morgan fingerprint density at radius 2 is 2.00 bits per heavy atom. The third-order valence-electron chi connectivity index (χ3n) is 2.38. The van der Waals surface area contributed by atoms with Gasteiger partial charge in [0.25, 0.3) is 5.91 Å². The molecule has 1 heterocycles. The predicted molar refractivity (Wildman–Crippen MR) is 72.9 cm³/mol. The van der Waals surface area contributed by atoms with Gasteiger partial charge in [-0.1, -0.05) is 6.92 Å². The molecule has 106 valence electrons. The number of nitrogens with one attached hydrogen (secondary N) is 2. The second kappa shape index (κ2) is 7.03. The molecule has 19 heavy (non-hydrogen) atoms. The summed E-state index contributed by atoms with van der Waals surface area (Å²) in [6.07, 6.45) is 2.81. The molecule has 0 fully saturated rings. The third kappa shape index (κ3) is 5.21. The number of hydrogen-bond donors (Lipinski definition) is 2. The fourth-order valence-corrected chi connectivity index (χ4v) is 1.97. The maximum Gasteiger partial charge on any atom is 0.271 e. The van der Waals surface area contributed by atoms with E-state index in [0.717, 1.165) is 6.54 Å². The lowest BCUT2D eigenvalue weighted by molar-refractivity contribution is 0.0951. The summed E-state index contributed by atoms with van der Waals surface area (Å²) < 4.78 is 22.5. The number of hydrogen-bond acceptors (Lipinski definition) is 6. The van der Waals surface area contributed by atoms with Crippen LogP contribution in [0.25, 0.3) is 0 Å². The molecule has 1 rings (SSSR count). The lowest BCUT2D eigenvalue weighted by atomic mass is 10.4. The van der Waals surface area contributed by atoms with Gasteiger partial charge in [-0.25, -0.2) is 18.4 Å². The minimum absolute atomic E-state index is 0.0695. The van der Waals surface area contributed by atoms with Crippen molar-refractivity contribution < 1.29 is 13.2 Å². The number of rotatable bonds is 7. The van der Waals surface area contributed by atoms with Crippen LogP contribution in [0.4, 0.5) is 5.82 Å². The van der Waals surface area contributed by atoms with E-state index < -0.39 is 15.7 Å². The number of carbonyl (C=O) groups is 1. The van der Waals surface area contributed by atoms with Crippen LogP contribution in [0.15, 0.2) is 12.4 Å². The molecule has 0 bridgehead atoms. The number of nitrogens with zero attached hydrogens (tertiary/aromatic N) is 2. The standard InChI is InChI=1S/C11H18N4O3S/c1-3-12-10-8-14-9(7-15-10)11(16)13-5-6-19(17,18)4-2/h7-8H,3-6H2,1-2H3,(H,12,15)(H,13,16). The Morgan fingerprint density at radius 1 is 1.26 bits per heavy atom. The van der Waals surface area contributed by atoms with Gasteiger partial charge in [0, 0.05) is 18.8 Å². The van der Waals surface area contributed by atoms with Crippen molar-refractivity contribution in [2.75, 3.05) is 29.9 Å². The minimum atomic E-state index is -3.07. The number of anilines is 1. The van der Waals surface area contributed by atoms with Crippen molar-refractivity contribution >= 4 is 21.6 Å². The van der Waals surface area contributed by atoms with Gasteiger partial charge < -0.3 is 10.6 Å². The molecule has 1 aromatic heterocycles. The van der Waals surface area contributed by atoms with Crippen LogP contribution >= 0.6 is 0 Å². The van der Waals surface area contributed by atoms with E-state index in [2.05, 4.69) is 20.6 Å². The van der Waals surface area contributed by atoms with Gasteiger partial charge in [-0.3, -0.25) is 4.79 Å². The molecule has 0 atom stereocenters. The first-order chi connectivity index (χ1) is 8.98. The molecule has 0 aliphatic heterocycles. The number of sulfone groups is 1. The predicted octanol–water partition coefficient (Wildman–Crippen LogP) is 0.0729. The van der Waals surface area contributed by atoms with Gasteiger partial charge in [-0.15, -0.1) is 0 Å². The summed E-state index contributed by atoms with van der Waals surface area (Å²) in [5, 5.41) is 5.46. The van der Waals surface area contributed by atoms with Crippen molar-refractivity contribution in [3.8, 4) is 0 Å². The zero-order valence-electron chi connectivity index (χ0n) is 11.0. The van der Waals surface area contributed by atoms with Crippen LogP contribution in [0, 0.1) is 0 Å². The molecule has 0 saturated heterocycles. The van der Waals surface area contributed by atoms with Crippen LogP contribution in [0.2, 0.25) is 0 Å². The Kier molecular flexibility index (Phi) is 5.68. The number of amides is 1. The Labute approximate surface area is 112 Å². The Hall–Kier alpha value is -1.70. The lowest BCUT2D eigenvalue weighted by Gasteiger charge is -2.05. The second-order valence-electron chi connectivity index (χ2n) is 3.81. The van der Waals surface area contributed by atoms with Gasteiger partial charge in [-0.05, 0) is 6.92 Å². The first-order valence-electron chi connectivity index (χ1n) is 6.03. The topological polar surface area (TPSA) is 101 Å². The lowest BCUT2D eigenvalue weighted by Crippen LogP contribution is -2.30. The molecule has 0 saturated carbocycles. The summed E-state index contributed by atoms with van der Waals surface area (Å²) >= 11 is 0. The molecule has 0 spiro atoms. The highest BCUT2D eigenvalue weighted by atomic mass is 32.2. The van der Waals surface area contributed by atoms with Crippen LogP contribution in [0.3, 0.4) is 0 Å². The fourth-order valence-electron chi connectivity index (χ4n) is 1.27. The van der Waals surface area contributed by atoms with E-state index in [1.165, 1.54) is 12.4 Å². The van der Waals surface area contributed by atoms with Crippen molar-refractivity contribution in [2.45, 2.75) is 13.8 Å². The van der Waals surface area contributed by atoms with Crippen LogP contribution in [0.1, 0.15) is 24.3 Å². The number of aromatic nitrogens is 2. The minimum Gasteiger partial charge on any atom is -0.369 e. The molecule has 0 aromatic carbocycles. The molecule has 1 amide bonds. The number of carbonyl (C=O) groups excluding carboxylic acids is 1. The maximum atomic E-state index is 11.7. The van der Waals surface area contributed by atoms with E-state index in [-0.39, 0.29) is 23.7 Å². The Balaban J connectivity index is 2.50. The molecular formula is C11H18N4O3S. The van der Waals surface area contributed by atoms with E-state index in [1.807, 2.05) is 6.92 Å². The van der Waals surface area contributed by atoms with E-state index in [0.29, 0.717) is 5.82 Å². The molecule has 0 aliphatic rings. The van der Waals surface area contributed by atoms with Crippen molar-refractivity contribution in [3.05, 3.63) is 18.1 Å². The summed E-state index contributed by atoms with van der Waals surface area (Å²) in [7, 11) is -3.07. The van der Waals surface area contributed by atoms with Gasteiger partial charge in [-0.2, -0.15) is 0 Å². The third-order valence-corrected chi connectivity index (χ3v) is 4.09. The quantitative estimate of drug-likeness (QED) is 0.735. The zero-order chi connectivity index (χ0) is 14.3. The fraction of sp³-hybridized carbons (Fsp3) is 0.545. The van der Waals surface area contributed by atoms with Crippen LogP contribution in [-0.4, -0.2) is 48.9 Å². The molecule has 0 aliphatic carbocycles. The smallest absolute Gasteiger partial charge is 0.271 e. The zero-order valence-corrected chi connectivity index (χ0v) is 11.8. The largest absolute Gasteiger partial charge is 0.369 e. The summed E-state index contributed by atoms with van der Waals surface area (Å²) in [6.45, 7) is 4.29. The maximum absolute atomic E-state index is 11.7. The first kappa shape index (κ1) is 15.4. The average Bonchev–Trinajstić information content (AvgIpc) is 2.39. The summed E-state index contributed by atoms with van der Waals surface area (Å²) in [5.41, 5.74) is 0.163. The van der Waals surface area contributed by atoms with Gasteiger partial charge >= 0.3 is 0 Å².